The number of nitrogens with one attached hydrogen (secondary N) is 1. The van der Waals surface area contributed by atoms with Gasteiger partial charge in [0, 0.05) is 29.6 Å². The van der Waals surface area contributed by atoms with Crippen molar-refractivity contribution >= 4 is 47.5 Å². The summed E-state index contributed by atoms with van der Waals surface area (Å²) in [5.41, 5.74) is 3.45. The molecule has 3 heterocycles. The van der Waals surface area contributed by atoms with Crippen LogP contribution in [-0.2, 0) is 28.7 Å². The molecule has 222 valence electrons. The Labute approximate surface area is 243 Å². The number of carbonyl (C=O) groups is 4. The van der Waals surface area contributed by atoms with E-state index in [1.807, 2.05) is 0 Å². The number of likely N-dealkylation sites (tertiary alicyclic amines) is 1. The van der Waals surface area contributed by atoms with Gasteiger partial charge in [0.1, 0.15) is 17.1 Å². The van der Waals surface area contributed by atoms with E-state index in [9.17, 15) is 19.2 Å². The molecule has 1 unspecified atom stereocenters. The zero-order valence-corrected chi connectivity index (χ0v) is 24.9. The molecule has 1 amide bonds. The molecule has 1 aromatic heterocycles. The van der Waals surface area contributed by atoms with E-state index in [1.54, 1.807) is 52.8 Å². The number of allylic oxidation sites excluding steroid dienone is 2. The predicted molar refractivity (Wildman–Crippen MR) is 152 cm³/mol. The van der Waals surface area contributed by atoms with E-state index < -0.39 is 29.9 Å². The summed E-state index contributed by atoms with van der Waals surface area (Å²) in [6.45, 7) is 9.39. The molecule has 4 rings (SSSR count). The van der Waals surface area contributed by atoms with E-state index >= 15 is 0 Å². The second-order valence-electron chi connectivity index (χ2n) is 10.2. The highest BCUT2D eigenvalue weighted by Crippen LogP contribution is 2.41. The van der Waals surface area contributed by atoms with Gasteiger partial charge in [-0.3, -0.25) is 4.79 Å². The molecular formula is C28H36N4O8S. The second-order valence-corrected chi connectivity index (χ2v) is 10.5. The Kier molecular flexibility index (Phi) is 10.5. The topological polar surface area (TPSA) is 161 Å². The molecule has 41 heavy (non-hydrogen) atoms. The maximum atomic E-state index is 12.9. The van der Waals surface area contributed by atoms with E-state index in [1.165, 1.54) is 12.0 Å². The lowest BCUT2D eigenvalue weighted by molar-refractivity contribution is -0.149. The van der Waals surface area contributed by atoms with Crippen molar-refractivity contribution in [3.63, 3.8) is 0 Å². The third-order valence-corrected chi connectivity index (χ3v) is 7.42. The second kappa shape index (κ2) is 13.7. The normalized spacial score (nSPS) is 19.5. The van der Waals surface area contributed by atoms with Crippen LogP contribution in [0.1, 0.15) is 58.9 Å². The summed E-state index contributed by atoms with van der Waals surface area (Å²) in [6, 6.07) is 4.68. The summed E-state index contributed by atoms with van der Waals surface area (Å²) in [7, 11) is 1.30. The number of nitrogens with zero attached hydrogens (tertiary/aromatic N) is 3. The number of esters is 2. The van der Waals surface area contributed by atoms with Crippen LogP contribution in [0.3, 0.4) is 0 Å². The van der Waals surface area contributed by atoms with Gasteiger partial charge in [-0.25, -0.2) is 19.0 Å². The number of carboxylic acid groups (broad SMARTS) is 1. The highest BCUT2D eigenvalue weighted by atomic mass is 32.1. The van der Waals surface area contributed by atoms with Crippen LogP contribution >= 0.6 is 12.6 Å². The van der Waals surface area contributed by atoms with Gasteiger partial charge < -0.3 is 24.8 Å². The molecule has 12 nitrogen and oxygen atoms in total. The Hall–Kier alpha value is -3.87. The number of carboxylic acids is 1. The van der Waals surface area contributed by atoms with Crippen molar-refractivity contribution in [3.8, 4) is 0 Å². The number of thiol groups is 1. The molecule has 2 aliphatic heterocycles. The van der Waals surface area contributed by atoms with Crippen LogP contribution in [0.5, 0.6) is 0 Å². The predicted octanol–water partition coefficient (Wildman–Crippen LogP) is 3.21. The summed E-state index contributed by atoms with van der Waals surface area (Å²) >= 11 is 4.03. The van der Waals surface area contributed by atoms with Gasteiger partial charge in [0.25, 0.3) is 0 Å². The van der Waals surface area contributed by atoms with Crippen LogP contribution < -0.4 is 5.32 Å². The third-order valence-electron chi connectivity index (χ3n) is 6.87. The highest BCUT2D eigenvalue weighted by Gasteiger charge is 2.39. The van der Waals surface area contributed by atoms with Crippen LogP contribution in [0.25, 0.3) is 11.0 Å². The number of aromatic nitrogens is 2. The quantitative estimate of drug-likeness (QED) is 0.322. The maximum Gasteiger partial charge on any atom is 0.337 e. The number of rotatable bonds is 7. The minimum Gasteiger partial charge on any atom is -0.480 e. The van der Waals surface area contributed by atoms with Gasteiger partial charge in [-0.05, 0) is 62.5 Å². The molecule has 1 saturated heterocycles. The molecule has 2 aromatic rings. The molecule has 2 aliphatic rings. The average Bonchev–Trinajstić information content (AvgIpc) is 3.61. The van der Waals surface area contributed by atoms with Crippen molar-refractivity contribution in [2.75, 3.05) is 19.4 Å². The largest absolute Gasteiger partial charge is 0.480 e. The molecule has 13 heteroatoms. The number of methoxy groups -OCH3 is 1. The maximum absolute atomic E-state index is 12.9. The molecule has 1 fully saturated rings. The molecular weight excluding hydrogens is 552 g/mol. The zero-order chi connectivity index (χ0) is 30.4. The fraction of sp³-hybridized carbons (Fsp3) is 0.500. The minimum atomic E-state index is -0.901. The molecule has 3 atom stereocenters. The molecule has 0 spiro atoms. The standard InChI is InChI=1S/C19H21N3O5.C9H15NO3S/c1-9(2)26-19(24)15-11(4)20-10(3)14(18(23)25-5)16(15)12-7-6-8-13-17(12)22-27-21-13;1-6(5-14)8(11)10-4-2-3-7(10)9(12)13/h6-9,16,20H,1-5H3;6-7,14H,2-5H2,1H3,(H,12,13)/t;6-,7+/m.1/s1. The van der Waals surface area contributed by atoms with Gasteiger partial charge >= 0.3 is 17.9 Å². The first kappa shape index (κ1) is 31.7. The van der Waals surface area contributed by atoms with Gasteiger partial charge in [-0.15, -0.1) is 0 Å². The van der Waals surface area contributed by atoms with Crippen LogP contribution in [0.4, 0.5) is 0 Å². The Morgan fingerprint density at radius 2 is 1.78 bits per heavy atom. The first-order valence-corrected chi connectivity index (χ1v) is 13.9. The monoisotopic (exact) mass is 588 g/mol. The number of hydrogen-bond acceptors (Lipinski definition) is 11. The Balaban J connectivity index is 0.000000278. The van der Waals surface area contributed by atoms with Gasteiger partial charge in [0.2, 0.25) is 5.91 Å². The molecule has 0 saturated carbocycles. The van der Waals surface area contributed by atoms with Gasteiger partial charge in [-0.2, -0.15) is 12.6 Å². The number of carbonyl (C=O) groups excluding carboxylic acids is 3. The molecule has 0 radical (unpaired) electrons. The number of fused-ring (bicyclic) bond motifs is 1. The number of ether oxygens (including phenoxy) is 2. The van der Waals surface area contributed by atoms with E-state index in [-0.39, 0.29) is 17.9 Å². The summed E-state index contributed by atoms with van der Waals surface area (Å²) in [5.74, 6) is -2.50. The number of dihydropyridines is 1. The van der Waals surface area contributed by atoms with E-state index in [0.29, 0.717) is 57.9 Å². The Morgan fingerprint density at radius 3 is 2.37 bits per heavy atom. The van der Waals surface area contributed by atoms with Crippen molar-refractivity contribution in [3.05, 3.63) is 46.3 Å². The first-order valence-electron chi connectivity index (χ1n) is 13.3. The van der Waals surface area contributed by atoms with Crippen LogP contribution in [-0.4, -0.2) is 75.7 Å². The lowest BCUT2D eigenvalue weighted by Crippen LogP contribution is -2.43. The molecule has 0 bridgehead atoms. The van der Waals surface area contributed by atoms with Crippen molar-refractivity contribution in [2.45, 2.75) is 65.5 Å². The fourth-order valence-electron chi connectivity index (χ4n) is 4.94. The van der Waals surface area contributed by atoms with Crippen LogP contribution in [0.2, 0.25) is 0 Å². The summed E-state index contributed by atoms with van der Waals surface area (Å²) in [5, 5.41) is 19.8. The van der Waals surface area contributed by atoms with Crippen molar-refractivity contribution in [1.29, 1.82) is 0 Å². The SMILES string of the molecule is COC(=O)C1=C(C)NC(C)=C(C(=O)OC(C)C)C1c1cccc2nonc12.C[C@H](CS)C(=O)N1CCC[C@H]1C(=O)O. The number of benzene rings is 1. The smallest absolute Gasteiger partial charge is 0.337 e. The lowest BCUT2D eigenvalue weighted by atomic mass is 9.80. The van der Waals surface area contributed by atoms with Gasteiger partial charge in [0.15, 0.2) is 0 Å². The first-order chi connectivity index (χ1) is 19.4. The van der Waals surface area contributed by atoms with Crippen LogP contribution in [0.15, 0.2) is 45.4 Å². The summed E-state index contributed by atoms with van der Waals surface area (Å²) < 4.78 is 15.3. The van der Waals surface area contributed by atoms with Crippen molar-refractivity contribution < 1.29 is 38.4 Å². The zero-order valence-electron chi connectivity index (χ0n) is 24.0. The number of aliphatic carboxylic acids is 1. The van der Waals surface area contributed by atoms with E-state index in [0.717, 1.165) is 6.42 Å². The number of amides is 1. The summed E-state index contributed by atoms with van der Waals surface area (Å²) in [4.78, 5) is 49.4. The van der Waals surface area contributed by atoms with Crippen molar-refractivity contribution in [2.24, 2.45) is 5.92 Å². The fourth-order valence-corrected chi connectivity index (χ4v) is 5.10. The summed E-state index contributed by atoms with van der Waals surface area (Å²) in [6.07, 6.45) is 1.04. The average molecular weight is 589 g/mol. The molecule has 1 aromatic carbocycles. The minimum absolute atomic E-state index is 0.0927. The highest BCUT2D eigenvalue weighted by molar-refractivity contribution is 7.80. The number of hydrogen-bond donors (Lipinski definition) is 3. The van der Waals surface area contributed by atoms with Gasteiger partial charge in [-0.1, -0.05) is 19.1 Å². The molecule has 0 aliphatic carbocycles. The Bertz CT molecular complexity index is 1380. The van der Waals surface area contributed by atoms with Crippen molar-refractivity contribution in [1.82, 2.24) is 20.5 Å². The lowest BCUT2D eigenvalue weighted by Gasteiger charge is -2.30. The van der Waals surface area contributed by atoms with Crippen LogP contribution in [0, 0.1) is 5.92 Å². The molecule has 2 N–H and O–H groups in total. The third kappa shape index (κ3) is 6.89. The van der Waals surface area contributed by atoms with E-state index in [4.69, 9.17) is 19.2 Å². The van der Waals surface area contributed by atoms with E-state index in [2.05, 4.69) is 28.3 Å². The Morgan fingerprint density at radius 1 is 1.12 bits per heavy atom. The van der Waals surface area contributed by atoms with Gasteiger partial charge in [0.05, 0.1) is 30.3 Å².